The van der Waals surface area contributed by atoms with Crippen LogP contribution in [0.25, 0.3) is 0 Å². The van der Waals surface area contributed by atoms with Gasteiger partial charge in [0.05, 0.1) is 7.11 Å². The van der Waals surface area contributed by atoms with Crippen molar-refractivity contribution in [3.63, 3.8) is 0 Å². The number of hydrogen-bond donors (Lipinski definition) is 0. The van der Waals surface area contributed by atoms with Crippen LogP contribution in [0.1, 0.15) is 36.4 Å². The first-order valence-electron chi connectivity index (χ1n) is 11.0. The predicted molar refractivity (Wildman–Crippen MR) is 119 cm³/mol. The van der Waals surface area contributed by atoms with Gasteiger partial charge >= 0.3 is 0 Å². The number of likely N-dealkylation sites (tertiary alicyclic amines) is 1. The highest BCUT2D eigenvalue weighted by molar-refractivity contribution is 5.90. The van der Waals surface area contributed by atoms with Gasteiger partial charge in [-0.05, 0) is 61.2 Å². The van der Waals surface area contributed by atoms with Gasteiger partial charge in [0, 0.05) is 44.8 Å². The molecule has 2 aromatic rings. The van der Waals surface area contributed by atoms with E-state index < -0.39 is 0 Å². The van der Waals surface area contributed by atoms with Gasteiger partial charge < -0.3 is 14.5 Å². The minimum absolute atomic E-state index is 0.288. The molecule has 3 aliphatic heterocycles. The molecule has 3 heterocycles. The van der Waals surface area contributed by atoms with Gasteiger partial charge in [-0.2, -0.15) is 0 Å². The maximum absolute atomic E-state index is 13.7. The lowest BCUT2D eigenvalue weighted by atomic mass is 9.85. The van der Waals surface area contributed by atoms with E-state index in [4.69, 9.17) is 4.74 Å². The number of benzene rings is 2. The molecule has 1 spiro atoms. The lowest BCUT2D eigenvalue weighted by Gasteiger charge is -2.34. The van der Waals surface area contributed by atoms with Gasteiger partial charge in [0.15, 0.2) is 0 Å². The summed E-state index contributed by atoms with van der Waals surface area (Å²) in [6.45, 7) is 2.55. The van der Waals surface area contributed by atoms with E-state index in [0.29, 0.717) is 24.4 Å². The lowest BCUT2D eigenvalue weighted by Crippen LogP contribution is -2.49. The van der Waals surface area contributed by atoms with Gasteiger partial charge in [-0.25, -0.2) is 0 Å². The molecule has 5 nitrogen and oxygen atoms in total. The summed E-state index contributed by atoms with van der Waals surface area (Å²) in [6.07, 6.45) is 3.18. The smallest absolute Gasteiger partial charge is 0.243 e. The Labute approximate surface area is 179 Å². The van der Waals surface area contributed by atoms with Crippen molar-refractivity contribution in [3.05, 3.63) is 59.7 Å². The molecule has 0 aliphatic carbocycles. The summed E-state index contributed by atoms with van der Waals surface area (Å²) in [5.74, 6) is 1.60. The van der Waals surface area contributed by atoms with E-state index in [0.717, 1.165) is 43.7 Å². The van der Waals surface area contributed by atoms with Crippen molar-refractivity contribution >= 4 is 11.6 Å². The van der Waals surface area contributed by atoms with Crippen molar-refractivity contribution in [2.24, 2.45) is 5.92 Å². The average molecular weight is 406 g/mol. The summed E-state index contributed by atoms with van der Waals surface area (Å²) in [5.41, 5.74) is 3.42. The van der Waals surface area contributed by atoms with Crippen molar-refractivity contribution in [1.82, 2.24) is 9.80 Å². The molecule has 0 aromatic heterocycles. The first-order chi connectivity index (χ1) is 14.5. The van der Waals surface area contributed by atoms with Gasteiger partial charge in [0.2, 0.25) is 5.91 Å². The number of rotatable bonds is 5. The van der Waals surface area contributed by atoms with Crippen molar-refractivity contribution in [1.29, 1.82) is 0 Å². The van der Waals surface area contributed by atoms with Crippen LogP contribution in [0.15, 0.2) is 48.5 Å². The Bertz CT molecular complexity index is 942. The summed E-state index contributed by atoms with van der Waals surface area (Å²) in [4.78, 5) is 20.5. The van der Waals surface area contributed by atoms with Crippen LogP contribution in [0.2, 0.25) is 0 Å². The second-order valence-corrected chi connectivity index (χ2v) is 9.19. The van der Waals surface area contributed by atoms with Gasteiger partial charge in [-0.1, -0.05) is 24.3 Å². The molecule has 3 atom stereocenters. The number of anilines is 1. The fraction of sp³-hybridized carbons (Fsp3) is 0.480. The number of hydrogen-bond acceptors (Lipinski definition) is 4. The number of carbonyl (C=O) groups is 1. The first kappa shape index (κ1) is 19.4. The number of methoxy groups -OCH3 is 1. The molecular formula is C25H31N3O2. The topological polar surface area (TPSA) is 36.0 Å². The summed E-state index contributed by atoms with van der Waals surface area (Å²) in [7, 11) is 5.82. The van der Waals surface area contributed by atoms with Crippen molar-refractivity contribution < 1.29 is 9.53 Å². The second-order valence-electron chi connectivity index (χ2n) is 9.19. The Morgan fingerprint density at radius 1 is 1.17 bits per heavy atom. The maximum Gasteiger partial charge on any atom is 0.243 e. The standard InChI is InChI=1S/C25H31N3O2/c1-26(2)21-10-8-19(9-11-21)23-15-20-17-27(16-18-6-4-7-22(14-18)30-3)24(29)25(20)12-5-13-28(23)25/h4,6-11,14,20,23H,5,12-13,15-17H2,1-3H3/t20-,23-,25-/m0/s1. The van der Waals surface area contributed by atoms with E-state index >= 15 is 0 Å². The minimum Gasteiger partial charge on any atom is -0.497 e. The minimum atomic E-state index is -0.288. The van der Waals surface area contributed by atoms with Crippen molar-refractivity contribution in [3.8, 4) is 5.75 Å². The van der Waals surface area contributed by atoms with Crippen molar-refractivity contribution in [2.45, 2.75) is 37.4 Å². The molecule has 5 heteroatoms. The van der Waals surface area contributed by atoms with Crippen LogP contribution in [0.3, 0.4) is 0 Å². The van der Waals surface area contributed by atoms with Crippen molar-refractivity contribution in [2.75, 3.05) is 39.2 Å². The quantitative estimate of drug-likeness (QED) is 0.760. The largest absolute Gasteiger partial charge is 0.497 e. The summed E-state index contributed by atoms with van der Waals surface area (Å²) in [5, 5.41) is 0. The molecule has 0 bridgehead atoms. The Morgan fingerprint density at radius 3 is 2.70 bits per heavy atom. The molecule has 0 radical (unpaired) electrons. The van der Waals surface area contributed by atoms with E-state index in [2.05, 4.69) is 59.1 Å². The molecule has 3 aliphatic rings. The first-order valence-corrected chi connectivity index (χ1v) is 11.0. The SMILES string of the molecule is COc1cccc(CN2C[C@@H]3C[C@@H](c4ccc(N(C)C)cc4)N4CCC[C@@]34C2=O)c1. The van der Waals surface area contributed by atoms with Gasteiger partial charge in [-0.15, -0.1) is 0 Å². The van der Waals surface area contributed by atoms with Crippen LogP contribution in [-0.2, 0) is 11.3 Å². The molecule has 3 saturated heterocycles. The number of carbonyl (C=O) groups excluding carboxylic acids is 1. The lowest BCUT2D eigenvalue weighted by molar-refractivity contribution is -0.137. The molecule has 3 fully saturated rings. The molecule has 0 saturated carbocycles. The highest BCUT2D eigenvalue weighted by Crippen LogP contribution is 2.56. The maximum atomic E-state index is 13.7. The summed E-state index contributed by atoms with van der Waals surface area (Å²) >= 11 is 0. The van der Waals surface area contributed by atoms with E-state index in [1.165, 1.54) is 11.3 Å². The van der Waals surface area contributed by atoms with Gasteiger partial charge in [0.25, 0.3) is 0 Å². The third-order valence-electron chi connectivity index (χ3n) is 7.43. The molecule has 1 amide bonds. The monoisotopic (exact) mass is 405 g/mol. The second kappa shape index (κ2) is 7.31. The Kier molecular flexibility index (Phi) is 4.73. The van der Waals surface area contributed by atoms with E-state index in [1.807, 2.05) is 18.2 Å². The zero-order valence-electron chi connectivity index (χ0n) is 18.2. The highest BCUT2D eigenvalue weighted by atomic mass is 16.5. The molecule has 158 valence electrons. The normalized spacial score (nSPS) is 28.0. The van der Waals surface area contributed by atoms with Crippen LogP contribution in [-0.4, -0.2) is 55.5 Å². The Hall–Kier alpha value is -2.53. The number of ether oxygens (including phenoxy) is 1. The zero-order valence-corrected chi connectivity index (χ0v) is 18.2. The predicted octanol–water partition coefficient (Wildman–Crippen LogP) is 3.70. The Balaban J connectivity index is 1.38. The van der Waals surface area contributed by atoms with Crippen LogP contribution >= 0.6 is 0 Å². The summed E-state index contributed by atoms with van der Waals surface area (Å²) in [6, 6.07) is 17.3. The molecule has 30 heavy (non-hydrogen) atoms. The van der Waals surface area contributed by atoms with E-state index in [-0.39, 0.29) is 5.54 Å². The molecule has 0 N–H and O–H groups in total. The van der Waals surface area contributed by atoms with E-state index in [9.17, 15) is 4.79 Å². The number of nitrogens with zero attached hydrogens (tertiary/aromatic N) is 3. The Morgan fingerprint density at radius 2 is 1.97 bits per heavy atom. The molecule has 2 aromatic carbocycles. The molecular weight excluding hydrogens is 374 g/mol. The third kappa shape index (κ3) is 2.90. The molecule has 5 rings (SSSR count). The van der Waals surface area contributed by atoms with Crippen LogP contribution in [0.5, 0.6) is 5.75 Å². The summed E-state index contributed by atoms with van der Waals surface area (Å²) < 4.78 is 5.36. The average Bonchev–Trinajstić information content (AvgIpc) is 3.39. The van der Waals surface area contributed by atoms with Crippen LogP contribution in [0.4, 0.5) is 5.69 Å². The number of amides is 1. The highest BCUT2D eigenvalue weighted by Gasteiger charge is 2.65. The van der Waals surface area contributed by atoms with Crippen LogP contribution in [0, 0.1) is 5.92 Å². The molecule has 0 unspecified atom stereocenters. The third-order valence-corrected chi connectivity index (χ3v) is 7.43. The van der Waals surface area contributed by atoms with Crippen LogP contribution < -0.4 is 9.64 Å². The zero-order chi connectivity index (χ0) is 20.9. The van der Waals surface area contributed by atoms with Gasteiger partial charge in [-0.3, -0.25) is 9.69 Å². The van der Waals surface area contributed by atoms with E-state index in [1.54, 1.807) is 7.11 Å². The van der Waals surface area contributed by atoms with Gasteiger partial charge in [0.1, 0.15) is 11.3 Å². The fourth-order valence-electron chi connectivity index (χ4n) is 6.02. The fourth-order valence-corrected chi connectivity index (χ4v) is 6.02.